The van der Waals surface area contributed by atoms with E-state index in [4.69, 9.17) is 5.26 Å². The summed E-state index contributed by atoms with van der Waals surface area (Å²) in [6.45, 7) is 0. The molecule has 1 saturated heterocycles. The van der Waals surface area contributed by atoms with Gasteiger partial charge in [0.2, 0.25) is 11.8 Å². The molecule has 1 aromatic heterocycles. The molecule has 2 atom stereocenters. The maximum absolute atomic E-state index is 12.3. The Hall–Kier alpha value is -2.42. The normalized spacial score (nSPS) is 25.6. The summed E-state index contributed by atoms with van der Waals surface area (Å²) in [5.74, 6) is -0.921. The number of allylic oxidation sites excluding steroid dienone is 2. The third-order valence-electron chi connectivity index (χ3n) is 3.65. The van der Waals surface area contributed by atoms with Crippen LogP contribution in [0.4, 0.5) is 5.82 Å². The quantitative estimate of drug-likeness (QED) is 0.548. The Bertz CT molecular complexity index is 612. The number of nitriles is 1. The average molecular weight is 256 g/mol. The summed E-state index contributed by atoms with van der Waals surface area (Å²) >= 11 is 0. The van der Waals surface area contributed by atoms with Gasteiger partial charge in [0.25, 0.3) is 0 Å². The van der Waals surface area contributed by atoms with Crippen LogP contribution in [-0.4, -0.2) is 21.6 Å². The van der Waals surface area contributed by atoms with Crippen molar-refractivity contribution in [2.24, 2.45) is 18.9 Å². The van der Waals surface area contributed by atoms with Crippen molar-refractivity contribution in [3.05, 3.63) is 23.9 Å². The second-order valence-corrected chi connectivity index (χ2v) is 4.82. The first-order valence-electron chi connectivity index (χ1n) is 6.10. The zero-order valence-electron chi connectivity index (χ0n) is 10.4. The first kappa shape index (κ1) is 11.7. The van der Waals surface area contributed by atoms with Crippen LogP contribution in [0.3, 0.4) is 0 Å². The molecule has 2 heterocycles. The molecule has 6 heteroatoms. The van der Waals surface area contributed by atoms with Crippen molar-refractivity contribution in [3.63, 3.8) is 0 Å². The highest BCUT2D eigenvalue weighted by molar-refractivity contribution is 6.22. The van der Waals surface area contributed by atoms with E-state index in [1.807, 2.05) is 18.2 Å². The van der Waals surface area contributed by atoms with E-state index in [9.17, 15) is 9.59 Å². The number of aromatic nitrogens is 2. The van der Waals surface area contributed by atoms with Gasteiger partial charge in [-0.25, -0.2) is 4.90 Å². The number of nitrogens with zero attached hydrogens (tertiary/aromatic N) is 4. The summed E-state index contributed by atoms with van der Waals surface area (Å²) < 4.78 is 1.44. The van der Waals surface area contributed by atoms with Gasteiger partial charge in [-0.1, -0.05) is 12.2 Å². The van der Waals surface area contributed by atoms with Crippen molar-refractivity contribution >= 4 is 17.6 Å². The lowest BCUT2D eigenvalue weighted by Crippen LogP contribution is -2.32. The topological polar surface area (TPSA) is 79.0 Å². The molecular weight excluding hydrogens is 244 g/mol. The summed E-state index contributed by atoms with van der Waals surface area (Å²) in [7, 11) is 1.66. The Labute approximate surface area is 109 Å². The van der Waals surface area contributed by atoms with E-state index < -0.39 is 0 Å². The van der Waals surface area contributed by atoms with E-state index in [1.165, 1.54) is 10.9 Å². The third kappa shape index (κ3) is 1.58. The number of aryl methyl sites for hydroxylation is 1. The zero-order valence-corrected chi connectivity index (χ0v) is 10.4. The fraction of sp³-hybridized carbons (Fsp3) is 0.385. The summed E-state index contributed by atoms with van der Waals surface area (Å²) in [6.07, 6.45) is 6.54. The lowest BCUT2D eigenvalue weighted by molar-refractivity contribution is -0.122. The zero-order chi connectivity index (χ0) is 13.6. The molecule has 19 heavy (non-hydrogen) atoms. The minimum Gasteiger partial charge on any atom is -0.274 e. The smallest absolute Gasteiger partial charge is 0.239 e. The number of amides is 2. The van der Waals surface area contributed by atoms with Gasteiger partial charge >= 0.3 is 0 Å². The van der Waals surface area contributed by atoms with Crippen molar-refractivity contribution in [1.82, 2.24) is 9.78 Å². The largest absolute Gasteiger partial charge is 0.274 e. The van der Waals surface area contributed by atoms with Crippen LogP contribution in [0, 0.1) is 23.2 Å². The van der Waals surface area contributed by atoms with Gasteiger partial charge in [0.05, 0.1) is 11.8 Å². The maximum atomic E-state index is 12.3. The molecule has 2 amide bonds. The minimum absolute atomic E-state index is 0.161. The lowest BCUT2D eigenvalue weighted by Gasteiger charge is -2.14. The first-order valence-corrected chi connectivity index (χ1v) is 6.10. The summed E-state index contributed by atoms with van der Waals surface area (Å²) in [5, 5.41) is 13.1. The van der Waals surface area contributed by atoms with E-state index in [-0.39, 0.29) is 35.0 Å². The van der Waals surface area contributed by atoms with Crippen LogP contribution in [-0.2, 0) is 16.6 Å². The SMILES string of the molecule is Cn1cc(C#N)c(N2C(=O)C3CC=CCC3C2=O)n1. The van der Waals surface area contributed by atoms with Gasteiger partial charge in [0.1, 0.15) is 11.6 Å². The molecule has 0 saturated carbocycles. The molecule has 0 N–H and O–H groups in total. The van der Waals surface area contributed by atoms with E-state index >= 15 is 0 Å². The number of imide groups is 1. The number of hydrogen-bond acceptors (Lipinski definition) is 4. The van der Waals surface area contributed by atoms with Crippen molar-refractivity contribution in [3.8, 4) is 6.07 Å². The van der Waals surface area contributed by atoms with Gasteiger partial charge in [-0.05, 0) is 12.8 Å². The van der Waals surface area contributed by atoms with Gasteiger partial charge in [0.15, 0.2) is 5.82 Å². The molecule has 3 rings (SSSR count). The second kappa shape index (κ2) is 4.05. The molecule has 1 aliphatic carbocycles. The standard InChI is InChI=1S/C13H12N4O2/c1-16-7-8(6-14)11(15-16)17-12(18)9-4-2-3-5-10(9)13(17)19/h2-3,7,9-10H,4-5H2,1H3. The molecule has 2 aliphatic rings. The average Bonchev–Trinajstić information content (AvgIpc) is 2.90. The molecule has 0 aromatic carbocycles. The molecular formula is C13H12N4O2. The fourth-order valence-corrected chi connectivity index (χ4v) is 2.73. The number of anilines is 1. The molecule has 0 spiro atoms. The van der Waals surface area contributed by atoms with Crippen LogP contribution in [0.15, 0.2) is 18.3 Å². The van der Waals surface area contributed by atoms with Gasteiger partial charge in [-0.2, -0.15) is 10.4 Å². The Morgan fingerprint density at radius 1 is 1.26 bits per heavy atom. The van der Waals surface area contributed by atoms with Crippen LogP contribution < -0.4 is 4.90 Å². The predicted octanol–water partition coefficient (Wildman–Crippen LogP) is 0.747. The van der Waals surface area contributed by atoms with Crippen LogP contribution in [0.5, 0.6) is 0 Å². The Kier molecular flexibility index (Phi) is 2.49. The molecule has 1 aliphatic heterocycles. The molecule has 6 nitrogen and oxygen atoms in total. The number of fused-ring (bicyclic) bond motifs is 1. The number of carbonyl (C=O) groups is 2. The summed E-state index contributed by atoms with van der Waals surface area (Å²) in [4.78, 5) is 25.8. The van der Waals surface area contributed by atoms with Crippen LogP contribution >= 0.6 is 0 Å². The Morgan fingerprint density at radius 2 is 1.84 bits per heavy atom. The lowest BCUT2D eigenvalue weighted by atomic mass is 9.85. The summed E-state index contributed by atoms with van der Waals surface area (Å²) in [6, 6.07) is 1.97. The highest BCUT2D eigenvalue weighted by atomic mass is 16.2. The summed E-state index contributed by atoms with van der Waals surface area (Å²) in [5.41, 5.74) is 0.246. The molecule has 0 radical (unpaired) electrons. The van der Waals surface area contributed by atoms with Crippen molar-refractivity contribution in [2.75, 3.05) is 4.90 Å². The highest BCUT2D eigenvalue weighted by Gasteiger charge is 2.49. The Morgan fingerprint density at radius 3 is 2.37 bits per heavy atom. The van der Waals surface area contributed by atoms with Crippen molar-refractivity contribution in [1.29, 1.82) is 5.26 Å². The number of hydrogen-bond donors (Lipinski definition) is 0. The van der Waals surface area contributed by atoms with E-state index in [0.29, 0.717) is 12.8 Å². The number of carbonyl (C=O) groups excluding carboxylic acids is 2. The molecule has 2 unspecified atom stereocenters. The molecule has 0 bridgehead atoms. The Balaban J connectivity index is 2.04. The maximum Gasteiger partial charge on any atom is 0.239 e. The van der Waals surface area contributed by atoms with Gasteiger partial charge < -0.3 is 0 Å². The molecule has 1 fully saturated rings. The molecule has 96 valence electrons. The van der Waals surface area contributed by atoms with E-state index in [2.05, 4.69) is 5.10 Å². The predicted molar refractivity (Wildman–Crippen MR) is 65.8 cm³/mol. The fourth-order valence-electron chi connectivity index (χ4n) is 2.73. The van der Waals surface area contributed by atoms with Gasteiger partial charge in [-0.3, -0.25) is 14.3 Å². The van der Waals surface area contributed by atoms with Gasteiger partial charge in [0, 0.05) is 13.2 Å². The van der Waals surface area contributed by atoms with Crippen molar-refractivity contribution in [2.45, 2.75) is 12.8 Å². The second-order valence-electron chi connectivity index (χ2n) is 4.82. The van der Waals surface area contributed by atoms with E-state index in [1.54, 1.807) is 7.05 Å². The number of rotatable bonds is 1. The van der Waals surface area contributed by atoms with E-state index in [0.717, 1.165) is 4.90 Å². The first-order chi connectivity index (χ1) is 9.13. The highest BCUT2D eigenvalue weighted by Crippen LogP contribution is 2.37. The third-order valence-corrected chi connectivity index (χ3v) is 3.65. The monoisotopic (exact) mass is 256 g/mol. The van der Waals surface area contributed by atoms with Crippen molar-refractivity contribution < 1.29 is 9.59 Å². The van der Waals surface area contributed by atoms with Crippen LogP contribution in [0.25, 0.3) is 0 Å². The minimum atomic E-state index is -0.300. The molecule has 1 aromatic rings. The van der Waals surface area contributed by atoms with Crippen LogP contribution in [0.1, 0.15) is 18.4 Å². The van der Waals surface area contributed by atoms with Crippen LogP contribution in [0.2, 0.25) is 0 Å². The van der Waals surface area contributed by atoms with Gasteiger partial charge in [-0.15, -0.1) is 0 Å².